The fourth-order valence-electron chi connectivity index (χ4n) is 7.33. The van der Waals surface area contributed by atoms with Crippen molar-refractivity contribution in [1.82, 2.24) is 9.97 Å². The molecule has 2 aliphatic carbocycles. The first kappa shape index (κ1) is 29.0. The maximum absolute atomic E-state index is 13.5. The number of ketones is 4. The molecule has 8 heteroatoms. The summed E-state index contributed by atoms with van der Waals surface area (Å²) in [6.07, 6.45) is 3.26. The fraction of sp³-hybridized carbons (Fsp3) is 0.0476. The van der Waals surface area contributed by atoms with Crippen LogP contribution in [-0.2, 0) is 0 Å². The van der Waals surface area contributed by atoms with Gasteiger partial charge in [-0.05, 0) is 95.1 Å². The first-order chi connectivity index (χ1) is 24.2. The van der Waals surface area contributed by atoms with Gasteiger partial charge in [0.15, 0.2) is 23.1 Å². The molecule has 0 atom stereocenters. The Bertz CT molecular complexity index is 2710. The number of Topliss-reactive ketones (excluding diaryl/α,β-unsaturated/α-hetero) is 4. The number of nitrogens with zero attached hydrogens (tertiary/aromatic N) is 2. The lowest BCUT2D eigenvalue weighted by atomic mass is 10.0. The third kappa shape index (κ3) is 4.06. The first-order valence-electron chi connectivity index (χ1n) is 16.1. The van der Waals surface area contributed by atoms with Crippen molar-refractivity contribution in [2.75, 3.05) is 0 Å². The van der Waals surface area contributed by atoms with Crippen molar-refractivity contribution in [3.05, 3.63) is 139 Å². The molecule has 2 aliphatic rings. The second-order valence-corrected chi connectivity index (χ2v) is 14.9. The van der Waals surface area contributed by atoms with Crippen molar-refractivity contribution < 1.29 is 19.2 Å². The van der Waals surface area contributed by atoms with Gasteiger partial charge in [-0.1, -0.05) is 48.5 Å². The molecule has 0 aliphatic heterocycles. The van der Waals surface area contributed by atoms with E-state index in [0.717, 1.165) is 63.9 Å². The number of carbonyl (C=O) groups is 4. The monoisotopic (exact) mass is 682 g/mol. The summed E-state index contributed by atoms with van der Waals surface area (Å²) in [6.45, 7) is 4.00. The zero-order valence-electron chi connectivity index (χ0n) is 26.6. The molecule has 0 spiro atoms. The highest BCUT2D eigenvalue weighted by Crippen LogP contribution is 2.42. The average Bonchev–Trinajstić information content (AvgIpc) is 3.86. The molecule has 0 saturated carbocycles. The van der Waals surface area contributed by atoms with E-state index >= 15 is 0 Å². The van der Waals surface area contributed by atoms with Crippen LogP contribution in [-0.4, -0.2) is 33.1 Å². The van der Waals surface area contributed by atoms with Gasteiger partial charge < -0.3 is 0 Å². The highest BCUT2D eigenvalue weighted by molar-refractivity contribution is 7.21. The van der Waals surface area contributed by atoms with E-state index in [-0.39, 0.29) is 34.3 Å². The van der Waals surface area contributed by atoms with Gasteiger partial charge in [-0.15, -0.1) is 22.7 Å². The Morgan fingerprint density at radius 2 is 0.800 bits per heavy atom. The van der Waals surface area contributed by atoms with Crippen LogP contribution in [0, 0.1) is 13.8 Å². The lowest BCUT2D eigenvalue weighted by Crippen LogP contribution is -2.00. The summed E-state index contributed by atoms with van der Waals surface area (Å²) in [6, 6.07) is 26.8. The number of aromatic nitrogens is 2. The van der Waals surface area contributed by atoms with E-state index in [1.165, 1.54) is 22.7 Å². The molecule has 10 rings (SSSR count). The highest BCUT2D eigenvalue weighted by atomic mass is 32.1. The Labute approximate surface area is 292 Å². The zero-order valence-corrected chi connectivity index (χ0v) is 28.2. The van der Waals surface area contributed by atoms with Crippen LogP contribution in [0.25, 0.3) is 64.9 Å². The van der Waals surface area contributed by atoms with Crippen LogP contribution in [0.4, 0.5) is 0 Å². The second kappa shape index (κ2) is 10.3. The van der Waals surface area contributed by atoms with Crippen molar-refractivity contribution in [3.63, 3.8) is 0 Å². The molecule has 2 aromatic heterocycles. The third-order valence-electron chi connectivity index (χ3n) is 9.80. The van der Waals surface area contributed by atoms with Crippen molar-refractivity contribution in [1.29, 1.82) is 0 Å². The molecule has 8 aromatic rings. The van der Waals surface area contributed by atoms with E-state index in [4.69, 9.17) is 9.97 Å². The van der Waals surface area contributed by atoms with E-state index < -0.39 is 0 Å². The summed E-state index contributed by atoms with van der Waals surface area (Å²) in [5.41, 5.74) is 5.49. The van der Waals surface area contributed by atoms with E-state index in [0.29, 0.717) is 32.3 Å². The first-order valence-corrected chi connectivity index (χ1v) is 17.7. The standard InChI is InChI=1S/C42H22N2O4S2/c1-19-11-29-30(41-35(19)43-33(49-41)17-31-37(45)25-13-21-7-3-4-8-22(21)14-26(25)38(31)46)12-20(2)36-42(29)50-34(44-36)18-32-39(47)27-15-23-9-5-6-10-24(23)16-28(27)40(32)48/h3-18H,1-2H3. The van der Waals surface area contributed by atoms with E-state index in [1.807, 2.05) is 62.4 Å². The number of fused-ring (bicyclic) bond motifs is 9. The largest absolute Gasteiger partial charge is 0.288 e. The van der Waals surface area contributed by atoms with Crippen molar-refractivity contribution in [3.8, 4) is 0 Å². The fourth-order valence-corrected chi connectivity index (χ4v) is 9.54. The van der Waals surface area contributed by atoms with Crippen molar-refractivity contribution in [2.45, 2.75) is 13.8 Å². The Kier molecular flexibility index (Phi) is 5.96. The maximum atomic E-state index is 13.5. The minimum atomic E-state index is -0.281. The lowest BCUT2D eigenvalue weighted by Gasteiger charge is -2.05. The van der Waals surface area contributed by atoms with Crippen LogP contribution in [0.2, 0.25) is 0 Å². The predicted molar refractivity (Wildman–Crippen MR) is 201 cm³/mol. The van der Waals surface area contributed by atoms with Crippen LogP contribution in [0.3, 0.4) is 0 Å². The molecule has 0 saturated heterocycles. The molecule has 0 radical (unpaired) electrons. The number of aryl methyl sites for hydroxylation is 2. The molecule has 0 amide bonds. The minimum Gasteiger partial charge on any atom is -0.288 e. The van der Waals surface area contributed by atoms with Crippen LogP contribution < -0.4 is 0 Å². The van der Waals surface area contributed by atoms with Crippen LogP contribution in [0.1, 0.15) is 62.6 Å². The molecule has 6 nitrogen and oxygen atoms in total. The van der Waals surface area contributed by atoms with Gasteiger partial charge in [0.05, 0.1) is 31.6 Å². The van der Waals surface area contributed by atoms with E-state index in [9.17, 15) is 19.2 Å². The average molecular weight is 683 g/mol. The molecule has 50 heavy (non-hydrogen) atoms. The molecule has 6 aromatic carbocycles. The molecule has 0 bridgehead atoms. The summed E-state index contributed by atoms with van der Waals surface area (Å²) >= 11 is 2.90. The number of allylic oxidation sites excluding steroid dienone is 2. The van der Waals surface area contributed by atoms with E-state index in [2.05, 4.69) is 12.1 Å². The Balaban J connectivity index is 1.07. The topological polar surface area (TPSA) is 94.1 Å². The summed E-state index contributed by atoms with van der Waals surface area (Å²) in [4.78, 5) is 63.6. The predicted octanol–water partition coefficient (Wildman–Crippen LogP) is 9.91. The van der Waals surface area contributed by atoms with Crippen molar-refractivity contribution >= 4 is 111 Å². The number of carbonyl (C=O) groups excluding carboxylic acids is 4. The number of hydrogen-bond donors (Lipinski definition) is 0. The minimum absolute atomic E-state index is 0.126. The molecule has 0 unspecified atom stereocenters. The quantitative estimate of drug-likeness (QED) is 0.133. The lowest BCUT2D eigenvalue weighted by molar-refractivity contribution is 0.0975. The van der Waals surface area contributed by atoms with Crippen LogP contribution in [0.5, 0.6) is 0 Å². The molecule has 0 N–H and O–H groups in total. The van der Waals surface area contributed by atoms with Gasteiger partial charge in [0, 0.05) is 33.0 Å². The van der Waals surface area contributed by atoms with Gasteiger partial charge in [0.2, 0.25) is 0 Å². The van der Waals surface area contributed by atoms with Crippen LogP contribution >= 0.6 is 22.7 Å². The van der Waals surface area contributed by atoms with Gasteiger partial charge in [0.25, 0.3) is 0 Å². The SMILES string of the molecule is Cc1cc2c(cc(C)c3nc(C=C4C(=O)c5cc6ccccc6cc5C4=O)sc32)c2sc(C=C3C(=O)c4cc5ccccc5cc4C3=O)nc12. The van der Waals surface area contributed by atoms with Gasteiger partial charge in [0.1, 0.15) is 10.0 Å². The summed E-state index contributed by atoms with van der Waals surface area (Å²) in [5.74, 6) is -1.13. The number of benzene rings is 6. The molecular formula is C42H22N2O4S2. The summed E-state index contributed by atoms with van der Waals surface area (Å²) in [5, 5.41) is 6.82. The number of thiazole rings is 2. The Morgan fingerprint density at radius 3 is 1.12 bits per heavy atom. The normalized spacial score (nSPS) is 14.3. The summed E-state index contributed by atoms with van der Waals surface area (Å²) in [7, 11) is 0. The van der Waals surface area contributed by atoms with Gasteiger partial charge in [-0.2, -0.15) is 0 Å². The zero-order chi connectivity index (χ0) is 34.0. The van der Waals surface area contributed by atoms with Gasteiger partial charge in [-0.3, -0.25) is 19.2 Å². The number of rotatable bonds is 2. The molecular weight excluding hydrogens is 661 g/mol. The maximum Gasteiger partial charge on any atom is 0.197 e. The van der Waals surface area contributed by atoms with Gasteiger partial charge >= 0.3 is 0 Å². The molecule has 0 fully saturated rings. The second-order valence-electron chi connectivity index (χ2n) is 12.9. The third-order valence-corrected chi connectivity index (χ3v) is 11.9. The molecule has 236 valence electrons. The van der Waals surface area contributed by atoms with E-state index in [1.54, 1.807) is 36.4 Å². The smallest absolute Gasteiger partial charge is 0.197 e. The Hall–Kier alpha value is -5.96. The van der Waals surface area contributed by atoms with Crippen molar-refractivity contribution in [2.24, 2.45) is 0 Å². The van der Waals surface area contributed by atoms with Crippen LogP contribution in [0.15, 0.2) is 96.1 Å². The highest BCUT2D eigenvalue weighted by Gasteiger charge is 2.35. The van der Waals surface area contributed by atoms with Gasteiger partial charge in [-0.25, -0.2) is 9.97 Å². The number of hydrogen-bond acceptors (Lipinski definition) is 8. The Morgan fingerprint density at radius 1 is 0.480 bits per heavy atom. The summed E-state index contributed by atoms with van der Waals surface area (Å²) < 4.78 is 1.91. The molecule has 2 heterocycles.